The van der Waals surface area contributed by atoms with Crippen LogP contribution in [0.1, 0.15) is 42.2 Å². The summed E-state index contributed by atoms with van der Waals surface area (Å²) in [5.41, 5.74) is 1.93. The number of nitrogens with one attached hydrogen (secondary N) is 2. The molecule has 0 saturated heterocycles. The maximum Gasteiger partial charge on any atom is 0.362 e. The van der Waals surface area contributed by atoms with Gasteiger partial charge in [0.05, 0.1) is 6.61 Å². The number of aromatic nitrogens is 3. The van der Waals surface area contributed by atoms with E-state index >= 15 is 0 Å². The number of carbonyl (C=O) groups excluding carboxylic acids is 1. The van der Waals surface area contributed by atoms with Crippen LogP contribution in [0, 0.1) is 17.8 Å². The van der Waals surface area contributed by atoms with Crippen molar-refractivity contribution in [3.63, 3.8) is 0 Å². The minimum absolute atomic E-state index is 0.139. The van der Waals surface area contributed by atoms with Gasteiger partial charge in [0.2, 0.25) is 5.69 Å². The molecule has 23 heavy (non-hydrogen) atoms. The summed E-state index contributed by atoms with van der Waals surface area (Å²) in [5, 5.41) is 13.1. The Morgan fingerprint density at radius 1 is 1.39 bits per heavy atom. The van der Waals surface area contributed by atoms with Crippen molar-refractivity contribution in [1.82, 2.24) is 15.4 Å². The Morgan fingerprint density at radius 2 is 2.17 bits per heavy atom. The summed E-state index contributed by atoms with van der Waals surface area (Å²) < 4.78 is 4.93. The highest BCUT2D eigenvalue weighted by atomic mass is 16.5. The number of H-pyrrole nitrogens is 1. The van der Waals surface area contributed by atoms with Crippen molar-refractivity contribution in [1.29, 1.82) is 0 Å². The third-order valence-corrected chi connectivity index (χ3v) is 3.49. The fraction of sp³-hybridized carbons (Fsp3) is 0.353. The normalized spacial score (nSPS) is 13.1. The largest absolute Gasteiger partial charge is 0.461 e. The number of ether oxygens (including phenoxy) is 1. The van der Waals surface area contributed by atoms with Crippen LogP contribution < -0.4 is 5.32 Å². The number of hydrogen-bond donors (Lipinski definition) is 2. The molecule has 0 radical (unpaired) electrons. The third kappa shape index (κ3) is 4.10. The number of carbonyl (C=O) groups is 1. The fourth-order valence-electron chi connectivity index (χ4n) is 2.06. The van der Waals surface area contributed by atoms with Gasteiger partial charge in [0, 0.05) is 17.7 Å². The summed E-state index contributed by atoms with van der Waals surface area (Å²) in [4.78, 5) is 11.7. The van der Waals surface area contributed by atoms with Crippen molar-refractivity contribution in [3.8, 4) is 11.8 Å². The van der Waals surface area contributed by atoms with Gasteiger partial charge in [-0.2, -0.15) is 0 Å². The Labute approximate surface area is 134 Å². The smallest absolute Gasteiger partial charge is 0.362 e. The van der Waals surface area contributed by atoms with Crippen LogP contribution in [0.4, 0.5) is 11.5 Å². The second-order valence-electron chi connectivity index (χ2n) is 5.41. The van der Waals surface area contributed by atoms with Crippen molar-refractivity contribution >= 4 is 17.5 Å². The first kappa shape index (κ1) is 15.1. The van der Waals surface area contributed by atoms with Gasteiger partial charge in [-0.3, -0.25) is 0 Å². The monoisotopic (exact) mass is 310 g/mol. The van der Waals surface area contributed by atoms with E-state index in [1.807, 2.05) is 24.3 Å². The van der Waals surface area contributed by atoms with Crippen LogP contribution in [-0.4, -0.2) is 28.0 Å². The van der Waals surface area contributed by atoms with E-state index < -0.39 is 5.97 Å². The van der Waals surface area contributed by atoms with Gasteiger partial charge < -0.3 is 10.1 Å². The molecule has 1 heterocycles. The molecule has 118 valence electrons. The number of anilines is 2. The summed E-state index contributed by atoms with van der Waals surface area (Å²) in [5.74, 6) is 7.10. The molecule has 0 amide bonds. The molecule has 2 aromatic rings. The number of benzene rings is 1. The SMILES string of the molecule is CCOC(=O)c1nn[nH]c1Nc1ccc(C#CCC2CC2)cc1. The average molecular weight is 310 g/mol. The zero-order valence-electron chi connectivity index (χ0n) is 12.9. The minimum Gasteiger partial charge on any atom is -0.461 e. The number of aromatic amines is 1. The van der Waals surface area contributed by atoms with Crippen molar-refractivity contribution in [2.45, 2.75) is 26.2 Å². The molecule has 1 aromatic heterocycles. The molecule has 1 aromatic carbocycles. The van der Waals surface area contributed by atoms with Crippen LogP contribution in [0.2, 0.25) is 0 Å². The molecule has 1 aliphatic rings. The Hall–Kier alpha value is -2.81. The molecule has 6 heteroatoms. The summed E-state index contributed by atoms with van der Waals surface area (Å²) in [6.45, 7) is 2.04. The summed E-state index contributed by atoms with van der Waals surface area (Å²) >= 11 is 0. The van der Waals surface area contributed by atoms with Crippen molar-refractivity contribution in [3.05, 3.63) is 35.5 Å². The van der Waals surface area contributed by atoms with E-state index in [1.54, 1.807) is 6.92 Å². The number of esters is 1. The van der Waals surface area contributed by atoms with Crippen LogP contribution >= 0.6 is 0 Å². The lowest BCUT2D eigenvalue weighted by molar-refractivity contribution is 0.0520. The van der Waals surface area contributed by atoms with Gasteiger partial charge >= 0.3 is 5.97 Å². The minimum atomic E-state index is -0.508. The second-order valence-corrected chi connectivity index (χ2v) is 5.41. The fourth-order valence-corrected chi connectivity index (χ4v) is 2.06. The molecule has 2 N–H and O–H groups in total. The van der Waals surface area contributed by atoms with E-state index in [0.717, 1.165) is 23.6 Å². The third-order valence-electron chi connectivity index (χ3n) is 3.49. The topological polar surface area (TPSA) is 79.9 Å². The Kier molecular flexibility index (Phi) is 4.57. The van der Waals surface area contributed by atoms with E-state index in [0.29, 0.717) is 12.4 Å². The first-order valence-corrected chi connectivity index (χ1v) is 7.70. The lowest BCUT2D eigenvalue weighted by atomic mass is 10.2. The number of rotatable bonds is 5. The number of nitrogens with zero attached hydrogens (tertiary/aromatic N) is 2. The van der Waals surface area contributed by atoms with Crippen molar-refractivity contribution < 1.29 is 9.53 Å². The molecule has 1 fully saturated rings. The first-order chi connectivity index (χ1) is 11.3. The van der Waals surface area contributed by atoms with Gasteiger partial charge in [-0.1, -0.05) is 17.1 Å². The second kappa shape index (κ2) is 6.97. The standard InChI is InChI=1S/C17H18N4O2/c1-2-23-17(22)15-16(20-21-19-15)18-14-10-8-13(9-11-14)5-3-4-12-6-7-12/h8-12H,2,4,6-7H2,1H3,(H2,18,19,20,21). The Balaban J connectivity index is 1.64. The lowest BCUT2D eigenvalue weighted by Gasteiger charge is -2.05. The lowest BCUT2D eigenvalue weighted by Crippen LogP contribution is -2.08. The molecular formula is C17H18N4O2. The predicted octanol–water partition coefficient (Wildman–Crippen LogP) is 2.88. The molecule has 0 unspecified atom stereocenters. The summed E-state index contributed by atoms with van der Waals surface area (Å²) in [7, 11) is 0. The highest BCUT2D eigenvalue weighted by Crippen LogP contribution is 2.31. The van der Waals surface area contributed by atoms with E-state index in [1.165, 1.54) is 12.8 Å². The summed E-state index contributed by atoms with van der Waals surface area (Å²) in [6.07, 6.45) is 3.62. The molecule has 0 atom stereocenters. The molecule has 0 spiro atoms. The molecule has 1 aliphatic carbocycles. The Morgan fingerprint density at radius 3 is 2.87 bits per heavy atom. The van der Waals surface area contributed by atoms with Crippen LogP contribution in [-0.2, 0) is 4.74 Å². The van der Waals surface area contributed by atoms with Crippen LogP contribution in [0.15, 0.2) is 24.3 Å². The van der Waals surface area contributed by atoms with E-state index in [-0.39, 0.29) is 5.69 Å². The van der Waals surface area contributed by atoms with Crippen molar-refractivity contribution in [2.75, 3.05) is 11.9 Å². The Bertz CT molecular complexity index is 736. The number of hydrogen-bond acceptors (Lipinski definition) is 5. The van der Waals surface area contributed by atoms with Gasteiger partial charge in [-0.15, -0.1) is 5.10 Å². The molecule has 0 aliphatic heterocycles. The first-order valence-electron chi connectivity index (χ1n) is 7.70. The maximum absolute atomic E-state index is 11.7. The van der Waals surface area contributed by atoms with Gasteiger partial charge in [0.25, 0.3) is 0 Å². The highest BCUT2D eigenvalue weighted by Gasteiger charge is 2.19. The molecule has 1 saturated carbocycles. The van der Waals surface area contributed by atoms with Gasteiger partial charge in [0.1, 0.15) is 0 Å². The molecule has 3 rings (SSSR count). The van der Waals surface area contributed by atoms with Crippen LogP contribution in [0.25, 0.3) is 0 Å². The van der Waals surface area contributed by atoms with Crippen molar-refractivity contribution in [2.24, 2.45) is 5.92 Å². The summed E-state index contributed by atoms with van der Waals surface area (Å²) in [6, 6.07) is 7.68. The predicted molar refractivity (Wildman–Crippen MR) is 86.3 cm³/mol. The van der Waals surface area contributed by atoms with E-state index in [9.17, 15) is 4.79 Å². The van der Waals surface area contributed by atoms with Crippen LogP contribution in [0.3, 0.4) is 0 Å². The van der Waals surface area contributed by atoms with Gasteiger partial charge in [-0.05, 0) is 49.9 Å². The molecule has 0 bridgehead atoms. The van der Waals surface area contributed by atoms with Gasteiger partial charge in [0.15, 0.2) is 5.82 Å². The quantitative estimate of drug-likeness (QED) is 0.655. The molecule has 6 nitrogen and oxygen atoms in total. The maximum atomic E-state index is 11.7. The van der Waals surface area contributed by atoms with E-state index in [4.69, 9.17) is 4.74 Å². The molecular weight excluding hydrogens is 292 g/mol. The van der Waals surface area contributed by atoms with E-state index in [2.05, 4.69) is 32.6 Å². The highest BCUT2D eigenvalue weighted by molar-refractivity contribution is 5.93. The zero-order chi connectivity index (χ0) is 16.1. The van der Waals surface area contributed by atoms with Crippen LogP contribution in [0.5, 0.6) is 0 Å². The average Bonchev–Trinajstić information content (AvgIpc) is 3.26. The van der Waals surface area contributed by atoms with Gasteiger partial charge in [-0.25, -0.2) is 9.89 Å². The zero-order valence-corrected chi connectivity index (χ0v) is 12.9.